The van der Waals surface area contributed by atoms with Crippen LogP contribution < -0.4 is 0 Å². The fourth-order valence-electron chi connectivity index (χ4n) is 5.89. The van der Waals surface area contributed by atoms with Crippen molar-refractivity contribution in [2.75, 3.05) is 13.7 Å². The van der Waals surface area contributed by atoms with E-state index >= 15 is 0 Å². The van der Waals surface area contributed by atoms with Crippen molar-refractivity contribution < 1.29 is 28.0 Å². The second-order valence-electron chi connectivity index (χ2n) is 11.4. The van der Waals surface area contributed by atoms with E-state index in [9.17, 15) is 14.7 Å². The summed E-state index contributed by atoms with van der Waals surface area (Å²) in [5, 5.41) is 11.2. The minimum atomic E-state index is -2.65. The molecule has 0 saturated heterocycles. The second kappa shape index (κ2) is 11.6. The van der Waals surface area contributed by atoms with Crippen LogP contribution >= 0.6 is 0 Å². The monoisotopic (exact) mass is 534 g/mol. The molecule has 1 aliphatic heterocycles. The Morgan fingerprint density at radius 2 is 1.47 bits per heavy atom. The van der Waals surface area contributed by atoms with Crippen molar-refractivity contribution in [3.05, 3.63) is 35.4 Å². The van der Waals surface area contributed by atoms with Crippen molar-refractivity contribution in [1.82, 2.24) is 4.90 Å². The Morgan fingerprint density at radius 3 is 1.89 bits per heavy atom. The fraction of sp³-hybridized carbons (Fsp3) is 0.704. The molecule has 1 N–H and O–H groups in total. The molecule has 1 heterocycles. The van der Waals surface area contributed by atoms with E-state index in [-0.39, 0.29) is 28.8 Å². The number of imide groups is 1. The summed E-state index contributed by atoms with van der Waals surface area (Å²) in [5.74, 6) is -0.922. The first-order valence-electron chi connectivity index (χ1n) is 13.2. The molecule has 1 aliphatic carbocycles. The molecule has 2 amide bonds. The lowest BCUT2D eigenvalue weighted by Crippen LogP contribution is -2.54. The van der Waals surface area contributed by atoms with Gasteiger partial charge in [0.2, 0.25) is 9.04 Å². The first kappa shape index (κ1) is 29.2. The largest absolute Gasteiger partial charge is 0.435 e. The summed E-state index contributed by atoms with van der Waals surface area (Å²) >= 11 is 0. The van der Waals surface area contributed by atoms with Crippen LogP contribution in [0.5, 0.6) is 0 Å². The van der Waals surface area contributed by atoms with Gasteiger partial charge in [0.25, 0.3) is 11.8 Å². The zero-order chi connectivity index (χ0) is 26.9. The third-order valence-corrected chi connectivity index (χ3v) is 16.1. The van der Waals surface area contributed by atoms with Gasteiger partial charge in [0.05, 0.1) is 23.3 Å². The van der Waals surface area contributed by atoms with Gasteiger partial charge in [-0.15, -0.1) is 0 Å². The highest BCUT2D eigenvalue weighted by molar-refractivity contribution is 6.78. The van der Waals surface area contributed by atoms with E-state index < -0.39 is 35.9 Å². The molecular weight excluding hydrogens is 490 g/mol. The van der Waals surface area contributed by atoms with E-state index in [0.29, 0.717) is 35.2 Å². The smallest absolute Gasteiger partial charge is 0.333 e. The summed E-state index contributed by atoms with van der Waals surface area (Å²) in [7, 11) is -2.25. The Bertz CT molecular complexity index is 886. The molecule has 4 atom stereocenters. The van der Waals surface area contributed by atoms with Gasteiger partial charge in [-0.05, 0) is 40.7 Å². The van der Waals surface area contributed by atoms with E-state index in [1.165, 1.54) is 12.0 Å². The van der Waals surface area contributed by atoms with Crippen molar-refractivity contribution in [2.45, 2.75) is 102 Å². The van der Waals surface area contributed by atoms with Gasteiger partial charge in [-0.1, -0.05) is 67.5 Å². The number of hydrogen-bond donors (Lipinski definition) is 1. The first-order chi connectivity index (χ1) is 16.9. The third-order valence-electron chi connectivity index (χ3n) is 7.72. The molecule has 7 nitrogen and oxygen atoms in total. The molecule has 2 aliphatic rings. The minimum absolute atomic E-state index is 0.235. The van der Waals surface area contributed by atoms with Gasteiger partial charge in [-0.25, -0.2) is 0 Å². The summed E-state index contributed by atoms with van der Waals surface area (Å²) in [6.07, 6.45) is -1.09. The number of aliphatic hydroxyl groups is 1. The maximum Gasteiger partial charge on any atom is 0.333 e. The van der Waals surface area contributed by atoms with Crippen LogP contribution in [0, 0.1) is 5.92 Å². The zero-order valence-corrected chi connectivity index (χ0v) is 25.3. The van der Waals surface area contributed by atoms with Crippen LogP contribution in [0.1, 0.15) is 82.5 Å². The van der Waals surface area contributed by atoms with Crippen LogP contribution in [0.2, 0.25) is 22.2 Å². The van der Waals surface area contributed by atoms with Gasteiger partial charge >= 0.3 is 8.56 Å². The molecule has 0 spiro atoms. The number of amides is 2. The van der Waals surface area contributed by atoms with Crippen LogP contribution in [-0.4, -0.2) is 71.4 Å². The minimum Gasteiger partial charge on any atom is -0.435 e. The van der Waals surface area contributed by atoms with E-state index in [4.69, 9.17) is 13.3 Å². The van der Waals surface area contributed by atoms with E-state index in [2.05, 4.69) is 55.4 Å². The third kappa shape index (κ3) is 5.28. The van der Waals surface area contributed by atoms with Crippen molar-refractivity contribution in [1.29, 1.82) is 0 Å². The van der Waals surface area contributed by atoms with Crippen LogP contribution in [-0.2, 0) is 13.3 Å². The molecule has 1 saturated carbocycles. The maximum atomic E-state index is 13.1. The fourth-order valence-corrected chi connectivity index (χ4v) is 15.2. The van der Waals surface area contributed by atoms with Crippen LogP contribution in [0.3, 0.4) is 0 Å². The first-order valence-corrected chi connectivity index (χ1v) is 16.8. The Labute approximate surface area is 219 Å². The zero-order valence-electron chi connectivity index (χ0n) is 23.3. The molecule has 36 heavy (non-hydrogen) atoms. The number of methoxy groups -OCH3 is 1. The number of hydrogen-bond acceptors (Lipinski definition) is 6. The lowest BCUT2D eigenvalue weighted by Gasteiger charge is -2.42. The molecule has 0 bridgehead atoms. The number of carbonyl (C=O) groups is 2. The SMILES string of the molecule is CO[C@@H]1[C@H](O)[C@@H](CO[Si](O[Si](C(C)C)C(C)C)(C(C)C)C(C)C)C[C@H]1N1C(=O)c2ccccc2C1=O. The summed E-state index contributed by atoms with van der Waals surface area (Å²) in [6, 6.07) is 6.32. The van der Waals surface area contributed by atoms with Crippen LogP contribution in [0.4, 0.5) is 0 Å². The summed E-state index contributed by atoms with van der Waals surface area (Å²) in [5.41, 5.74) is 2.19. The van der Waals surface area contributed by atoms with E-state index in [1.54, 1.807) is 24.3 Å². The van der Waals surface area contributed by atoms with Gasteiger partial charge in [-0.3, -0.25) is 14.5 Å². The van der Waals surface area contributed by atoms with Crippen molar-refractivity contribution >= 4 is 29.4 Å². The Morgan fingerprint density at radius 1 is 0.972 bits per heavy atom. The van der Waals surface area contributed by atoms with Crippen LogP contribution in [0.25, 0.3) is 0 Å². The Balaban J connectivity index is 1.83. The highest BCUT2D eigenvalue weighted by Gasteiger charge is 2.53. The molecule has 1 aromatic rings. The molecule has 1 aromatic carbocycles. The molecule has 0 unspecified atom stereocenters. The lowest BCUT2D eigenvalue weighted by molar-refractivity contribution is -0.0361. The summed E-state index contributed by atoms with van der Waals surface area (Å²) in [6.45, 7) is 17.9. The topological polar surface area (TPSA) is 85.3 Å². The predicted octanol–water partition coefficient (Wildman–Crippen LogP) is 5.15. The van der Waals surface area contributed by atoms with E-state index in [0.717, 1.165) is 0 Å². The Kier molecular flexibility index (Phi) is 9.38. The molecule has 3 rings (SSSR count). The van der Waals surface area contributed by atoms with Crippen LogP contribution in [0.15, 0.2) is 24.3 Å². The average molecular weight is 535 g/mol. The highest BCUT2D eigenvalue weighted by atomic mass is 28.4. The number of aliphatic hydroxyl groups excluding tert-OH is 1. The predicted molar refractivity (Wildman–Crippen MR) is 145 cm³/mol. The number of rotatable bonds is 11. The number of fused-ring (bicyclic) bond motifs is 1. The van der Waals surface area contributed by atoms with Gasteiger partial charge in [0, 0.05) is 19.6 Å². The summed E-state index contributed by atoms with van der Waals surface area (Å²) in [4.78, 5) is 27.6. The number of ether oxygens (including phenoxy) is 1. The molecular formula is C27H44NO6Si2. The van der Waals surface area contributed by atoms with Gasteiger partial charge in [-0.2, -0.15) is 0 Å². The van der Waals surface area contributed by atoms with Crippen molar-refractivity contribution in [2.24, 2.45) is 5.92 Å². The average Bonchev–Trinajstić information content (AvgIpc) is 3.25. The van der Waals surface area contributed by atoms with E-state index in [1.807, 2.05) is 0 Å². The van der Waals surface area contributed by atoms with Gasteiger partial charge in [0.15, 0.2) is 0 Å². The molecule has 1 radical (unpaired) electrons. The number of carbonyl (C=O) groups excluding carboxylic acids is 2. The van der Waals surface area contributed by atoms with Gasteiger partial charge < -0.3 is 18.4 Å². The molecule has 0 aromatic heterocycles. The maximum absolute atomic E-state index is 13.1. The molecule has 201 valence electrons. The molecule has 1 fully saturated rings. The quantitative estimate of drug-likeness (QED) is 0.312. The lowest BCUT2D eigenvalue weighted by atomic mass is 10.1. The summed E-state index contributed by atoms with van der Waals surface area (Å²) < 4.78 is 19.5. The normalized spacial score (nSPS) is 24.9. The second-order valence-corrected chi connectivity index (χ2v) is 19.4. The number of benzene rings is 1. The van der Waals surface area contributed by atoms with Crippen molar-refractivity contribution in [3.63, 3.8) is 0 Å². The Hall–Kier alpha value is -1.37. The standard InChI is InChI=1S/C27H44NO6Si2/c1-16(2)35(17(3)4)34-36(18(5)6,19(7)8)33-15-20-14-23(25(32-9)24(20)29)28-26(30)21-12-10-11-13-22(21)27(28)31/h10-13,16-20,23-25,29H,14-15H2,1-9H3/t20-,23-,24-,25+/m1/s1. The van der Waals surface area contributed by atoms with Gasteiger partial charge in [0.1, 0.15) is 6.10 Å². The van der Waals surface area contributed by atoms with Crippen molar-refractivity contribution in [3.8, 4) is 0 Å². The highest BCUT2D eigenvalue weighted by Crippen LogP contribution is 2.41. The number of nitrogens with zero attached hydrogens (tertiary/aromatic N) is 1. The molecule has 9 heteroatoms.